The number of hydrogen-bond acceptors (Lipinski definition) is 3. The number of furan rings is 1. The third kappa shape index (κ3) is 5.26. The third-order valence-corrected chi connectivity index (χ3v) is 23.8. The van der Waals surface area contributed by atoms with Crippen molar-refractivity contribution in [3.63, 3.8) is 0 Å². The second kappa shape index (κ2) is 12.8. The highest BCUT2D eigenvalue weighted by Crippen LogP contribution is 2.57. The van der Waals surface area contributed by atoms with Crippen molar-refractivity contribution < 1.29 is 4.42 Å². The lowest BCUT2D eigenvalue weighted by Gasteiger charge is -2.50. The maximum atomic E-state index is 7.80. The second-order valence-corrected chi connectivity index (χ2v) is 31.3. The lowest BCUT2D eigenvalue weighted by atomic mass is 9.35. The Hall–Kier alpha value is -5.26. The van der Waals surface area contributed by atoms with Gasteiger partial charge in [-0.25, -0.2) is 0 Å². The molecule has 0 N–H and O–H groups in total. The zero-order valence-electron chi connectivity index (χ0n) is 43.8. The molecule has 4 aliphatic heterocycles. The molecule has 6 aromatic carbocycles. The SMILES string of the molecule is Cc1cc2c3c4c1[Si](C)(C)c1ccc5cc1N4c1c(oc4cc6c(cc14)C(C)(CCC6(C)C)c1cccc-5c1)B3c1cc3c(cc1N2c1ccc2c(c1)C(C)(C)CCC2(C)C)C(C)(C)CCC3(C)C. The van der Waals surface area contributed by atoms with Crippen molar-refractivity contribution in [1.29, 1.82) is 0 Å². The van der Waals surface area contributed by atoms with Gasteiger partial charge in [0.15, 0.2) is 0 Å². The first-order valence-electron chi connectivity index (χ1n) is 26.4. The maximum Gasteiger partial charge on any atom is 0.297 e. The van der Waals surface area contributed by atoms with Crippen LogP contribution in [0, 0.1) is 6.92 Å². The molecule has 5 heteroatoms. The molecule has 0 saturated carbocycles. The second-order valence-electron chi connectivity index (χ2n) is 27.0. The normalized spacial score (nSPS) is 23.2. The summed E-state index contributed by atoms with van der Waals surface area (Å²) in [5, 5.41) is 4.33. The van der Waals surface area contributed by atoms with Gasteiger partial charge in [0, 0.05) is 39.2 Å². The lowest BCUT2D eigenvalue weighted by molar-refractivity contribution is 0.332. The number of fused-ring (bicyclic) bond motifs is 10. The molecule has 3 nitrogen and oxygen atoms in total. The number of aryl methyl sites for hydroxylation is 1. The lowest BCUT2D eigenvalue weighted by Crippen LogP contribution is -2.68. The first-order chi connectivity index (χ1) is 32.4. The van der Waals surface area contributed by atoms with Crippen molar-refractivity contribution in [2.45, 2.75) is 167 Å². The summed E-state index contributed by atoms with van der Waals surface area (Å²) in [6.45, 7) is 34.9. The number of nitrogens with zero attached hydrogens (tertiary/aromatic N) is 2. The van der Waals surface area contributed by atoms with Gasteiger partial charge in [-0.05, 0) is 192 Å². The summed E-state index contributed by atoms with van der Waals surface area (Å²) in [5.41, 5.74) is 27.4. The van der Waals surface area contributed by atoms with E-state index in [1.165, 1.54) is 137 Å². The van der Waals surface area contributed by atoms with Crippen LogP contribution in [0.25, 0.3) is 22.1 Å². The van der Waals surface area contributed by atoms with Gasteiger partial charge >= 0.3 is 0 Å². The number of anilines is 6. The van der Waals surface area contributed by atoms with Crippen LogP contribution in [0.3, 0.4) is 0 Å². The molecule has 0 fully saturated rings. The molecule has 0 saturated heterocycles. The van der Waals surface area contributed by atoms with Gasteiger partial charge in [0.05, 0.1) is 11.3 Å². The zero-order valence-corrected chi connectivity index (χ0v) is 44.8. The Balaban J connectivity index is 1.16. The Bertz CT molecular complexity index is 3520. The monoisotopic (exact) mass is 921 g/mol. The van der Waals surface area contributed by atoms with Gasteiger partial charge in [0.1, 0.15) is 13.7 Å². The van der Waals surface area contributed by atoms with E-state index in [4.69, 9.17) is 4.42 Å². The van der Waals surface area contributed by atoms with Crippen molar-refractivity contribution >= 4 is 86.8 Å². The van der Waals surface area contributed by atoms with Crippen LogP contribution in [0.5, 0.6) is 0 Å². The molecule has 1 atom stereocenters. The van der Waals surface area contributed by atoms with Crippen molar-refractivity contribution in [2.24, 2.45) is 0 Å². The van der Waals surface area contributed by atoms with Gasteiger partial charge in [0.25, 0.3) is 6.71 Å². The predicted molar refractivity (Wildman–Crippen MR) is 296 cm³/mol. The van der Waals surface area contributed by atoms with Gasteiger partial charge in [-0.15, -0.1) is 0 Å². The van der Waals surface area contributed by atoms with Gasteiger partial charge in [-0.3, -0.25) is 0 Å². The third-order valence-electron chi connectivity index (χ3n) is 20.2. The van der Waals surface area contributed by atoms with Crippen LogP contribution < -0.4 is 36.8 Å². The molecule has 6 bridgehead atoms. The van der Waals surface area contributed by atoms with Gasteiger partial charge in [-0.2, -0.15) is 0 Å². The van der Waals surface area contributed by atoms with Crippen molar-refractivity contribution in [1.82, 2.24) is 0 Å². The Kier molecular flexibility index (Phi) is 7.90. The topological polar surface area (TPSA) is 19.6 Å². The minimum absolute atomic E-state index is 0.0116. The van der Waals surface area contributed by atoms with E-state index < -0.39 is 8.07 Å². The van der Waals surface area contributed by atoms with Crippen LogP contribution in [-0.4, -0.2) is 14.8 Å². The molecular formula is C64H69BN2OSi. The van der Waals surface area contributed by atoms with E-state index >= 15 is 0 Å². The van der Waals surface area contributed by atoms with Gasteiger partial charge in [-0.1, -0.05) is 138 Å². The van der Waals surface area contributed by atoms with Gasteiger partial charge in [0.2, 0.25) is 0 Å². The largest absolute Gasteiger partial charge is 0.468 e. The number of rotatable bonds is 1. The van der Waals surface area contributed by atoms with Crippen LogP contribution >= 0.6 is 0 Å². The molecule has 0 radical (unpaired) electrons. The summed E-state index contributed by atoms with van der Waals surface area (Å²) in [7, 11) is -2.32. The molecule has 0 amide bonds. The van der Waals surface area contributed by atoms with Crippen molar-refractivity contribution in [3.8, 4) is 11.1 Å². The molecule has 7 aromatic rings. The summed E-state index contributed by atoms with van der Waals surface area (Å²) >= 11 is 0. The minimum Gasteiger partial charge on any atom is -0.468 e. The van der Waals surface area contributed by atoms with Crippen LogP contribution in [0.1, 0.15) is 159 Å². The van der Waals surface area contributed by atoms with Crippen LogP contribution in [0.2, 0.25) is 13.1 Å². The fourth-order valence-corrected chi connectivity index (χ4v) is 19.1. The average molecular weight is 921 g/mol. The Labute approximate surface area is 412 Å². The van der Waals surface area contributed by atoms with E-state index in [1.54, 1.807) is 5.19 Å². The highest BCUT2D eigenvalue weighted by molar-refractivity contribution is 7.06. The average Bonchev–Trinajstić information content (AvgIpc) is 3.67. The molecule has 69 heavy (non-hydrogen) atoms. The summed E-state index contributed by atoms with van der Waals surface area (Å²) in [4.78, 5) is 5.49. The van der Waals surface area contributed by atoms with Gasteiger partial charge < -0.3 is 14.2 Å². The fraction of sp³-hybridized carbons (Fsp3) is 0.406. The quantitative estimate of drug-likeness (QED) is 0.153. The Morgan fingerprint density at radius 1 is 0.522 bits per heavy atom. The number of benzene rings is 6. The molecule has 1 unspecified atom stereocenters. The molecule has 14 rings (SSSR count). The summed E-state index contributed by atoms with van der Waals surface area (Å²) in [6.07, 6.45) is 6.96. The predicted octanol–water partition coefficient (Wildman–Crippen LogP) is 14.0. The van der Waals surface area contributed by atoms with E-state index in [0.29, 0.717) is 0 Å². The smallest absolute Gasteiger partial charge is 0.297 e. The minimum atomic E-state index is -2.32. The molecular weight excluding hydrogens is 852 g/mol. The van der Waals surface area contributed by atoms with Crippen LogP contribution in [0.4, 0.5) is 34.1 Å². The molecule has 7 aliphatic rings. The van der Waals surface area contributed by atoms with Crippen LogP contribution in [0.15, 0.2) is 95.4 Å². The highest BCUT2D eigenvalue weighted by atomic mass is 28.3. The van der Waals surface area contributed by atoms with E-state index in [9.17, 15) is 0 Å². The molecule has 348 valence electrons. The molecule has 1 aromatic heterocycles. The van der Waals surface area contributed by atoms with Crippen molar-refractivity contribution in [2.75, 3.05) is 9.80 Å². The first-order valence-corrected chi connectivity index (χ1v) is 29.4. The van der Waals surface area contributed by atoms with E-state index in [-0.39, 0.29) is 39.2 Å². The summed E-state index contributed by atoms with van der Waals surface area (Å²) < 4.78 is 7.80. The molecule has 0 spiro atoms. The maximum absolute atomic E-state index is 7.80. The van der Waals surface area contributed by atoms with E-state index in [1.807, 2.05) is 0 Å². The summed E-state index contributed by atoms with van der Waals surface area (Å²) in [6, 6.07) is 37.8. The molecule has 3 aliphatic carbocycles. The Morgan fingerprint density at radius 3 is 1.86 bits per heavy atom. The van der Waals surface area contributed by atoms with E-state index in [2.05, 4.69) is 197 Å². The molecule has 5 heterocycles. The Morgan fingerprint density at radius 2 is 1.14 bits per heavy atom. The number of hydrogen-bond donors (Lipinski definition) is 0. The fourth-order valence-electron chi connectivity index (χ4n) is 15.6. The zero-order chi connectivity index (χ0) is 48.1. The van der Waals surface area contributed by atoms with E-state index in [0.717, 1.165) is 24.1 Å². The summed E-state index contributed by atoms with van der Waals surface area (Å²) in [5.74, 6) is 0. The van der Waals surface area contributed by atoms with Crippen LogP contribution in [-0.2, 0) is 32.5 Å². The highest BCUT2D eigenvalue weighted by Gasteiger charge is 2.54. The van der Waals surface area contributed by atoms with Crippen molar-refractivity contribution in [3.05, 3.63) is 136 Å². The standard InChI is InChI=1S/C64H69BN2OSi/c1-36-28-51-54-56-57(36)69(13,14)53-21-18-38-30-50(53)67(56)55-41-32-47-46(63(10,11)26-27-64(47,12)39-17-15-16-37(38)29-39)35-52(41)68-58(55)65(54)48-33-44-45(62(8,9)25-24-61(44,6)7)34-49(48)66(51)40-19-20-42-43(31-40)60(4,5)23-22-59(42,2)3/h15-21,28-35H,22-27H2,1-14H3. The first kappa shape index (κ1) is 42.6.